The predicted octanol–water partition coefficient (Wildman–Crippen LogP) is 3.63. The Morgan fingerprint density at radius 2 is 1.80 bits per heavy atom. The van der Waals surface area contributed by atoms with Gasteiger partial charge in [0.05, 0.1) is 17.8 Å². The molecular weight excluding hydrogens is 314 g/mol. The van der Waals surface area contributed by atoms with Gasteiger partial charge in [-0.1, -0.05) is 25.1 Å². The number of benzene rings is 2. The minimum absolute atomic E-state index is 0.0796. The molecule has 0 saturated carbocycles. The summed E-state index contributed by atoms with van der Waals surface area (Å²) in [4.78, 5) is 24.7. The molecule has 2 aromatic carbocycles. The molecule has 1 atom stereocenters. The number of rotatable bonds is 4. The lowest BCUT2D eigenvalue weighted by Crippen LogP contribution is -2.41. The summed E-state index contributed by atoms with van der Waals surface area (Å²) in [7, 11) is 0. The highest BCUT2D eigenvalue weighted by atomic mass is 16.2. The number of hydrogen-bond acceptors (Lipinski definition) is 3. The average Bonchev–Trinajstić information content (AvgIpc) is 2.58. The second-order valence-corrected chi connectivity index (χ2v) is 6.43. The molecule has 1 aliphatic heterocycles. The van der Waals surface area contributed by atoms with Gasteiger partial charge in [0.2, 0.25) is 11.8 Å². The van der Waals surface area contributed by atoms with Crippen LogP contribution in [0.25, 0.3) is 0 Å². The third kappa shape index (κ3) is 3.65. The third-order valence-electron chi connectivity index (χ3n) is 4.60. The Hall–Kier alpha value is -2.82. The van der Waals surface area contributed by atoms with E-state index in [-0.39, 0.29) is 18.2 Å². The molecule has 0 radical (unpaired) electrons. The van der Waals surface area contributed by atoms with Crippen LogP contribution in [0.4, 0.5) is 17.1 Å². The van der Waals surface area contributed by atoms with E-state index in [1.165, 1.54) is 0 Å². The third-order valence-corrected chi connectivity index (χ3v) is 4.60. The fourth-order valence-corrected chi connectivity index (χ4v) is 2.99. The molecule has 3 N–H and O–H groups in total. The smallest absolute Gasteiger partial charge is 0.247 e. The quantitative estimate of drug-likeness (QED) is 0.798. The van der Waals surface area contributed by atoms with Gasteiger partial charge < -0.3 is 16.0 Å². The summed E-state index contributed by atoms with van der Waals surface area (Å²) < 4.78 is 0. The van der Waals surface area contributed by atoms with E-state index in [2.05, 4.69) is 16.0 Å². The monoisotopic (exact) mass is 337 g/mol. The minimum atomic E-state index is -0.580. The van der Waals surface area contributed by atoms with Gasteiger partial charge in [-0.25, -0.2) is 0 Å². The van der Waals surface area contributed by atoms with Crippen molar-refractivity contribution in [2.24, 2.45) is 0 Å². The van der Waals surface area contributed by atoms with E-state index in [0.717, 1.165) is 40.2 Å². The molecule has 0 aliphatic carbocycles. The average molecular weight is 337 g/mol. The van der Waals surface area contributed by atoms with E-state index in [1.54, 1.807) is 0 Å². The number of aryl methyl sites for hydroxylation is 3. The van der Waals surface area contributed by atoms with Gasteiger partial charge in [-0.3, -0.25) is 9.59 Å². The standard InChI is InChI=1S/C20H23N3O2/c1-4-14-7-5-6-8-15(14)22-19(24)11-18-20(25)23-17-10-13(3)12(2)9-16(17)21-18/h5-10,18,21H,4,11H2,1-3H3,(H,22,24)(H,23,25)/t18-/m0/s1. The molecule has 0 fully saturated rings. The minimum Gasteiger partial charge on any atom is -0.372 e. The number of carbonyl (C=O) groups is 2. The highest BCUT2D eigenvalue weighted by Gasteiger charge is 2.28. The highest BCUT2D eigenvalue weighted by Crippen LogP contribution is 2.30. The summed E-state index contributed by atoms with van der Waals surface area (Å²) in [5.74, 6) is -0.365. The van der Waals surface area contributed by atoms with Gasteiger partial charge in [0, 0.05) is 5.69 Å². The largest absolute Gasteiger partial charge is 0.372 e. The normalized spacial score (nSPS) is 15.8. The van der Waals surface area contributed by atoms with Crippen molar-refractivity contribution in [3.05, 3.63) is 53.1 Å². The Kier molecular flexibility index (Phi) is 4.74. The van der Waals surface area contributed by atoms with Crippen LogP contribution >= 0.6 is 0 Å². The van der Waals surface area contributed by atoms with Crippen LogP contribution < -0.4 is 16.0 Å². The second kappa shape index (κ2) is 6.97. The Labute approximate surface area is 147 Å². The first-order valence-corrected chi connectivity index (χ1v) is 8.54. The summed E-state index contributed by atoms with van der Waals surface area (Å²) in [6, 6.07) is 11.1. The van der Waals surface area contributed by atoms with Crippen molar-refractivity contribution < 1.29 is 9.59 Å². The van der Waals surface area contributed by atoms with Crippen molar-refractivity contribution in [1.82, 2.24) is 0 Å². The van der Waals surface area contributed by atoms with E-state index < -0.39 is 6.04 Å². The molecule has 2 amide bonds. The van der Waals surface area contributed by atoms with E-state index in [1.807, 2.05) is 57.2 Å². The number of carbonyl (C=O) groups excluding carboxylic acids is 2. The summed E-state index contributed by atoms with van der Waals surface area (Å²) in [6.07, 6.45) is 0.918. The van der Waals surface area contributed by atoms with Crippen LogP contribution in [-0.2, 0) is 16.0 Å². The van der Waals surface area contributed by atoms with Crippen molar-refractivity contribution in [3.63, 3.8) is 0 Å². The fraction of sp³-hybridized carbons (Fsp3) is 0.300. The van der Waals surface area contributed by atoms with Crippen LogP contribution in [0.3, 0.4) is 0 Å². The van der Waals surface area contributed by atoms with Gasteiger partial charge in [0.25, 0.3) is 0 Å². The number of para-hydroxylation sites is 1. The maximum absolute atomic E-state index is 12.4. The highest BCUT2D eigenvalue weighted by molar-refractivity contribution is 6.06. The van der Waals surface area contributed by atoms with Crippen molar-refractivity contribution in [2.75, 3.05) is 16.0 Å². The fourth-order valence-electron chi connectivity index (χ4n) is 2.99. The van der Waals surface area contributed by atoms with Gasteiger partial charge in [-0.05, 0) is 55.2 Å². The Balaban J connectivity index is 1.71. The van der Waals surface area contributed by atoms with Crippen molar-refractivity contribution >= 4 is 28.9 Å². The zero-order chi connectivity index (χ0) is 18.0. The lowest BCUT2D eigenvalue weighted by atomic mass is 10.0. The van der Waals surface area contributed by atoms with Crippen LogP contribution in [0.5, 0.6) is 0 Å². The number of fused-ring (bicyclic) bond motifs is 1. The maximum atomic E-state index is 12.4. The van der Waals surface area contributed by atoms with Crippen molar-refractivity contribution in [1.29, 1.82) is 0 Å². The summed E-state index contributed by atoms with van der Waals surface area (Å²) >= 11 is 0. The first-order chi connectivity index (χ1) is 12.0. The van der Waals surface area contributed by atoms with E-state index in [0.29, 0.717) is 0 Å². The Morgan fingerprint density at radius 1 is 1.12 bits per heavy atom. The van der Waals surface area contributed by atoms with E-state index in [9.17, 15) is 9.59 Å². The topological polar surface area (TPSA) is 70.2 Å². The molecule has 2 aromatic rings. The molecule has 0 unspecified atom stereocenters. The molecule has 1 aliphatic rings. The summed E-state index contributed by atoms with van der Waals surface area (Å²) in [6.45, 7) is 6.08. The SMILES string of the molecule is CCc1ccccc1NC(=O)C[C@@H]1Nc2cc(C)c(C)cc2NC1=O. The van der Waals surface area contributed by atoms with Crippen LogP contribution in [0, 0.1) is 13.8 Å². The van der Waals surface area contributed by atoms with Crippen molar-refractivity contribution in [2.45, 2.75) is 39.7 Å². The summed E-state index contributed by atoms with van der Waals surface area (Å²) in [5, 5.41) is 8.99. The molecule has 0 aromatic heterocycles. The molecule has 130 valence electrons. The van der Waals surface area contributed by atoms with Gasteiger partial charge in [-0.15, -0.1) is 0 Å². The maximum Gasteiger partial charge on any atom is 0.247 e. The molecule has 25 heavy (non-hydrogen) atoms. The molecule has 0 spiro atoms. The van der Waals surface area contributed by atoms with Gasteiger partial charge >= 0.3 is 0 Å². The first-order valence-electron chi connectivity index (χ1n) is 8.54. The summed E-state index contributed by atoms with van der Waals surface area (Å²) in [5.41, 5.74) is 5.76. The zero-order valence-electron chi connectivity index (χ0n) is 14.8. The molecule has 5 nitrogen and oxygen atoms in total. The Bertz CT molecular complexity index is 830. The van der Waals surface area contributed by atoms with Gasteiger partial charge in [-0.2, -0.15) is 0 Å². The molecular formula is C20H23N3O2. The van der Waals surface area contributed by atoms with Crippen LogP contribution in [0.2, 0.25) is 0 Å². The number of amides is 2. The molecule has 0 saturated heterocycles. The Morgan fingerprint density at radius 3 is 2.52 bits per heavy atom. The number of hydrogen-bond donors (Lipinski definition) is 3. The van der Waals surface area contributed by atoms with Gasteiger partial charge in [0.1, 0.15) is 6.04 Å². The predicted molar refractivity (Wildman–Crippen MR) is 101 cm³/mol. The van der Waals surface area contributed by atoms with Gasteiger partial charge in [0.15, 0.2) is 0 Å². The van der Waals surface area contributed by atoms with Crippen LogP contribution in [0.15, 0.2) is 36.4 Å². The first kappa shape index (κ1) is 17.0. The van der Waals surface area contributed by atoms with E-state index >= 15 is 0 Å². The van der Waals surface area contributed by atoms with Crippen LogP contribution in [0.1, 0.15) is 30.0 Å². The molecule has 0 bridgehead atoms. The molecule has 5 heteroatoms. The number of anilines is 3. The van der Waals surface area contributed by atoms with E-state index in [4.69, 9.17) is 0 Å². The molecule has 1 heterocycles. The lowest BCUT2D eigenvalue weighted by Gasteiger charge is -2.27. The second-order valence-electron chi connectivity index (χ2n) is 6.43. The number of nitrogens with one attached hydrogen (secondary N) is 3. The lowest BCUT2D eigenvalue weighted by molar-refractivity contribution is -0.122. The molecule has 3 rings (SSSR count). The zero-order valence-corrected chi connectivity index (χ0v) is 14.8. The van der Waals surface area contributed by atoms with Crippen molar-refractivity contribution in [3.8, 4) is 0 Å². The van der Waals surface area contributed by atoms with Crippen LogP contribution in [-0.4, -0.2) is 17.9 Å².